The molecule has 3 aromatic carbocycles. The van der Waals surface area contributed by atoms with Gasteiger partial charge in [0.05, 0.1) is 16.4 Å². The average molecular weight is 404 g/mol. The van der Waals surface area contributed by atoms with Crippen LogP contribution in [0.4, 0.5) is 0 Å². The van der Waals surface area contributed by atoms with Crippen LogP contribution in [-0.4, -0.2) is 4.40 Å². The fourth-order valence-electron chi connectivity index (χ4n) is 6.45. The number of aromatic nitrogens is 2. The smallest absolute Gasteiger partial charge is 0.238 e. The lowest BCUT2D eigenvalue weighted by atomic mass is 9.83. The molecule has 1 aliphatic carbocycles. The van der Waals surface area contributed by atoms with Crippen LogP contribution in [0.25, 0.3) is 49.0 Å². The van der Waals surface area contributed by atoms with Gasteiger partial charge in [-0.25, -0.2) is 0 Å². The number of rotatable bonds is 1. The minimum absolute atomic E-state index is 0.674. The second-order valence-corrected chi connectivity index (χ2v) is 9.58. The third kappa shape index (κ3) is 2.20. The monoisotopic (exact) mass is 403 g/mol. The number of hydrogen-bond acceptors (Lipinski definition) is 0. The van der Waals surface area contributed by atoms with E-state index in [1.165, 1.54) is 86.7 Å². The van der Waals surface area contributed by atoms with Crippen molar-refractivity contribution in [1.29, 1.82) is 0 Å². The van der Waals surface area contributed by atoms with Crippen LogP contribution in [0.15, 0.2) is 60.8 Å². The Morgan fingerprint density at radius 3 is 2.48 bits per heavy atom. The third-order valence-electron chi connectivity index (χ3n) is 7.86. The summed E-state index contributed by atoms with van der Waals surface area (Å²) in [5.41, 5.74) is 8.42. The number of fused-ring (bicyclic) bond motifs is 5. The van der Waals surface area contributed by atoms with Gasteiger partial charge in [-0.2, -0.15) is 4.57 Å². The topological polar surface area (TPSA) is 8.29 Å². The zero-order chi connectivity index (χ0) is 20.7. The van der Waals surface area contributed by atoms with Gasteiger partial charge < -0.3 is 4.40 Å². The number of benzene rings is 3. The van der Waals surface area contributed by atoms with E-state index in [-0.39, 0.29) is 0 Å². The second-order valence-electron chi connectivity index (χ2n) is 9.58. The van der Waals surface area contributed by atoms with Gasteiger partial charge in [0, 0.05) is 22.2 Å². The summed E-state index contributed by atoms with van der Waals surface area (Å²) in [6.07, 6.45) is 9.00. The van der Waals surface area contributed by atoms with E-state index in [1.54, 1.807) is 5.56 Å². The molecule has 1 aliphatic rings. The van der Waals surface area contributed by atoms with Crippen LogP contribution in [0.2, 0.25) is 0 Å². The molecule has 0 spiro atoms. The van der Waals surface area contributed by atoms with Gasteiger partial charge in [0.2, 0.25) is 5.52 Å². The maximum Gasteiger partial charge on any atom is 0.238 e. The second kappa shape index (κ2) is 6.20. The summed E-state index contributed by atoms with van der Waals surface area (Å²) in [5.74, 6) is 0.674. The number of nitrogens with zero attached hydrogens (tertiary/aromatic N) is 2. The van der Waals surface area contributed by atoms with E-state index in [2.05, 4.69) is 83.7 Å². The van der Waals surface area contributed by atoms with Crippen molar-refractivity contribution in [2.45, 2.75) is 44.9 Å². The Labute approximate surface area is 182 Å². The SMILES string of the molecule is Cc1ccc2cccc3c2c1c1c2c(cc[n+]1C)c1cccc(C4CCCCC4)c1n32. The van der Waals surface area contributed by atoms with Crippen molar-refractivity contribution in [2.75, 3.05) is 0 Å². The Bertz CT molecular complexity index is 1630. The van der Waals surface area contributed by atoms with Crippen LogP contribution < -0.4 is 4.57 Å². The Morgan fingerprint density at radius 2 is 1.61 bits per heavy atom. The molecule has 1 saturated carbocycles. The largest absolute Gasteiger partial charge is 0.303 e. The van der Waals surface area contributed by atoms with E-state index in [0.717, 1.165) is 0 Å². The fraction of sp³-hybridized carbons (Fsp3) is 0.276. The molecule has 152 valence electrons. The van der Waals surface area contributed by atoms with Gasteiger partial charge in [-0.3, -0.25) is 0 Å². The molecule has 31 heavy (non-hydrogen) atoms. The molecule has 0 radical (unpaired) electrons. The summed E-state index contributed by atoms with van der Waals surface area (Å²) in [6, 6.07) is 20.8. The van der Waals surface area contributed by atoms with Crippen LogP contribution in [-0.2, 0) is 7.05 Å². The van der Waals surface area contributed by atoms with Gasteiger partial charge in [0.15, 0.2) is 6.20 Å². The highest BCUT2D eigenvalue weighted by Crippen LogP contribution is 2.43. The minimum Gasteiger partial charge on any atom is -0.303 e. The van der Waals surface area contributed by atoms with E-state index in [0.29, 0.717) is 5.92 Å². The first-order chi connectivity index (χ1) is 15.2. The van der Waals surface area contributed by atoms with E-state index in [9.17, 15) is 0 Å². The number of para-hydroxylation sites is 1. The molecule has 0 atom stereocenters. The van der Waals surface area contributed by atoms with Crippen LogP contribution in [0.1, 0.15) is 49.1 Å². The highest BCUT2D eigenvalue weighted by molar-refractivity contribution is 6.25. The van der Waals surface area contributed by atoms with Crippen molar-refractivity contribution in [3.05, 3.63) is 71.9 Å². The molecule has 6 aromatic rings. The first-order valence-corrected chi connectivity index (χ1v) is 11.7. The highest BCUT2D eigenvalue weighted by atomic mass is 15.0. The van der Waals surface area contributed by atoms with Gasteiger partial charge in [0.25, 0.3) is 0 Å². The molecular formula is C29H27N2+. The summed E-state index contributed by atoms with van der Waals surface area (Å²) < 4.78 is 4.94. The van der Waals surface area contributed by atoms with Crippen LogP contribution >= 0.6 is 0 Å². The molecule has 1 fully saturated rings. The van der Waals surface area contributed by atoms with Gasteiger partial charge in [-0.15, -0.1) is 0 Å². The molecule has 7 rings (SSSR count). The molecule has 0 bridgehead atoms. The predicted octanol–water partition coefficient (Wildman–Crippen LogP) is 7.17. The first-order valence-electron chi connectivity index (χ1n) is 11.7. The Morgan fingerprint density at radius 1 is 0.806 bits per heavy atom. The summed E-state index contributed by atoms with van der Waals surface area (Å²) in [6.45, 7) is 2.26. The summed E-state index contributed by atoms with van der Waals surface area (Å²) in [5, 5.41) is 6.91. The maximum absolute atomic E-state index is 2.61. The maximum atomic E-state index is 2.61. The zero-order valence-electron chi connectivity index (χ0n) is 18.3. The lowest BCUT2D eigenvalue weighted by molar-refractivity contribution is -0.644. The molecule has 2 nitrogen and oxygen atoms in total. The standard InChI is InChI=1S/C29H27N2/c1-18-14-15-20-10-6-13-24-26(20)25(18)29-28-23(16-17-30(29)2)22-12-7-11-21(27(22)31(24)28)19-8-4-3-5-9-19/h6-7,10-17,19H,3-5,8-9H2,1-2H3/q+1. The molecule has 0 unspecified atom stereocenters. The molecular weight excluding hydrogens is 376 g/mol. The van der Waals surface area contributed by atoms with Crippen molar-refractivity contribution < 1.29 is 4.57 Å². The number of hydrogen-bond donors (Lipinski definition) is 0. The van der Waals surface area contributed by atoms with Crippen LogP contribution in [0, 0.1) is 6.92 Å². The van der Waals surface area contributed by atoms with Crippen molar-refractivity contribution >= 4 is 49.0 Å². The molecule has 3 heterocycles. The van der Waals surface area contributed by atoms with Crippen LogP contribution in [0.5, 0.6) is 0 Å². The van der Waals surface area contributed by atoms with Crippen LogP contribution in [0.3, 0.4) is 0 Å². The molecule has 0 saturated heterocycles. The Hall–Kier alpha value is -3.13. The lowest BCUT2D eigenvalue weighted by Gasteiger charge is -2.23. The summed E-state index contributed by atoms with van der Waals surface area (Å²) in [7, 11) is 2.20. The fourth-order valence-corrected chi connectivity index (χ4v) is 6.45. The summed E-state index contributed by atoms with van der Waals surface area (Å²) >= 11 is 0. The zero-order valence-corrected chi connectivity index (χ0v) is 18.3. The van der Waals surface area contributed by atoms with Gasteiger partial charge in [-0.1, -0.05) is 61.7 Å². The van der Waals surface area contributed by atoms with Crippen molar-refractivity contribution in [3.8, 4) is 0 Å². The van der Waals surface area contributed by atoms with Crippen molar-refractivity contribution in [3.63, 3.8) is 0 Å². The van der Waals surface area contributed by atoms with Crippen molar-refractivity contribution in [2.24, 2.45) is 7.05 Å². The molecule has 0 aliphatic heterocycles. The highest BCUT2D eigenvalue weighted by Gasteiger charge is 2.27. The Balaban J connectivity index is 1.82. The number of aryl methyl sites for hydroxylation is 2. The van der Waals surface area contributed by atoms with E-state index in [4.69, 9.17) is 0 Å². The average Bonchev–Trinajstić information content (AvgIpc) is 3.15. The van der Waals surface area contributed by atoms with E-state index in [1.807, 2.05) is 0 Å². The molecule has 3 aromatic heterocycles. The predicted molar refractivity (Wildman–Crippen MR) is 130 cm³/mol. The van der Waals surface area contributed by atoms with Gasteiger partial charge in [-0.05, 0) is 48.3 Å². The summed E-state index contributed by atoms with van der Waals surface area (Å²) in [4.78, 5) is 0. The minimum atomic E-state index is 0.674. The Kier molecular flexibility index (Phi) is 3.51. The van der Waals surface area contributed by atoms with Crippen molar-refractivity contribution in [1.82, 2.24) is 4.40 Å². The van der Waals surface area contributed by atoms with Gasteiger partial charge >= 0.3 is 0 Å². The number of pyridine rings is 2. The lowest BCUT2D eigenvalue weighted by Crippen LogP contribution is -2.29. The molecule has 0 amide bonds. The van der Waals surface area contributed by atoms with E-state index >= 15 is 0 Å². The normalized spacial score (nSPS) is 15.9. The molecule has 2 heteroatoms. The molecule has 0 N–H and O–H groups in total. The quantitative estimate of drug-likeness (QED) is 0.156. The third-order valence-corrected chi connectivity index (χ3v) is 7.86. The first kappa shape index (κ1) is 17.5. The van der Waals surface area contributed by atoms with Gasteiger partial charge in [0.1, 0.15) is 12.6 Å². The van der Waals surface area contributed by atoms with E-state index < -0.39 is 0 Å².